The third kappa shape index (κ3) is 3.37. The van der Waals surface area contributed by atoms with E-state index < -0.39 is 0 Å². The van der Waals surface area contributed by atoms with Crippen molar-refractivity contribution in [3.05, 3.63) is 29.6 Å². The van der Waals surface area contributed by atoms with Crippen LogP contribution in [0, 0.1) is 11.8 Å². The molecule has 1 N–H and O–H groups in total. The lowest BCUT2D eigenvalue weighted by molar-refractivity contribution is -0.146. The molecule has 0 amide bonds. The highest BCUT2D eigenvalue weighted by Gasteiger charge is 2.30. The van der Waals surface area contributed by atoms with Crippen LogP contribution in [-0.4, -0.2) is 23.2 Å². The predicted octanol–water partition coefficient (Wildman–Crippen LogP) is 2.66. The third-order valence-corrected chi connectivity index (χ3v) is 4.47. The van der Waals surface area contributed by atoms with Gasteiger partial charge in [-0.2, -0.15) is 0 Å². The van der Waals surface area contributed by atoms with Gasteiger partial charge in [0.25, 0.3) is 0 Å². The molecule has 1 aromatic rings. The van der Waals surface area contributed by atoms with Gasteiger partial charge in [0.2, 0.25) is 0 Å². The maximum absolute atomic E-state index is 11.5. The monoisotopic (exact) mass is 277 g/mol. The number of hydrogen-bond acceptors (Lipinski definition) is 4. The van der Waals surface area contributed by atoms with Gasteiger partial charge >= 0.3 is 5.97 Å². The molecule has 0 spiro atoms. The van der Waals surface area contributed by atoms with Gasteiger partial charge < -0.3 is 9.84 Å². The Morgan fingerprint density at radius 2 is 2.10 bits per heavy atom. The smallest absolute Gasteiger partial charge is 0.308 e. The summed E-state index contributed by atoms with van der Waals surface area (Å²) in [5.74, 6) is 0.911. The molecule has 1 saturated carbocycles. The average molecular weight is 277 g/mol. The Morgan fingerprint density at radius 3 is 2.70 bits per heavy atom. The molecule has 0 aliphatic heterocycles. The lowest BCUT2D eigenvalue weighted by Gasteiger charge is -2.31. The number of aliphatic hydroxyl groups excluding tert-OH is 1. The van der Waals surface area contributed by atoms with Crippen LogP contribution in [0.1, 0.15) is 49.9 Å². The summed E-state index contributed by atoms with van der Waals surface area (Å²) < 4.78 is 4.82. The zero-order valence-electron chi connectivity index (χ0n) is 12.2. The molecule has 1 atom stereocenters. The van der Waals surface area contributed by atoms with E-state index in [0.29, 0.717) is 11.8 Å². The molecule has 4 heteroatoms. The maximum atomic E-state index is 11.5. The molecule has 20 heavy (non-hydrogen) atoms. The van der Waals surface area contributed by atoms with Crippen LogP contribution in [0.4, 0.5) is 0 Å². The predicted molar refractivity (Wildman–Crippen MR) is 76.0 cm³/mol. The molecule has 0 bridgehead atoms. The number of esters is 1. The Hall–Kier alpha value is -1.42. The molecule has 1 aromatic heterocycles. The molecule has 1 fully saturated rings. The van der Waals surface area contributed by atoms with E-state index in [1.807, 2.05) is 18.2 Å². The van der Waals surface area contributed by atoms with Crippen LogP contribution >= 0.6 is 0 Å². The van der Waals surface area contributed by atoms with Crippen molar-refractivity contribution >= 4 is 5.97 Å². The van der Waals surface area contributed by atoms with Gasteiger partial charge in [-0.15, -0.1) is 0 Å². The summed E-state index contributed by atoms with van der Waals surface area (Å²) in [5, 5.41) is 9.16. The molecule has 0 saturated heterocycles. The van der Waals surface area contributed by atoms with Crippen molar-refractivity contribution in [2.24, 2.45) is 11.8 Å². The van der Waals surface area contributed by atoms with Crippen LogP contribution in [0.25, 0.3) is 0 Å². The number of nitrogens with zero attached hydrogens (tertiary/aromatic N) is 1. The standard InChI is InChI=1S/C16H23NO3/c1-11(15-5-3-4-14(10-18)17-15)12-6-8-13(9-7-12)16(19)20-2/h3-5,11-13,18H,6-10H2,1-2H3/t11?,12-,13-. The lowest BCUT2D eigenvalue weighted by atomic mass is 9.75. The number of aliphatic hydroxyl groups is 1. The highest BCUT2D eigenvalue weighted by atomic mass is 16.5. The van der Waals surface area contributed by atoms with Crippen molar-refractivity contribution in [3.63, 3.8) is 0 Å². The van der Waals surface area contributed by atoms with E-state index in [9.17, 15) is 4.79 Å². The van der Waals surface area contributed by atoms with Gasteiger partial charge in [-0.05, 0) is 43.7 Å². The fourth-order valence-corrected chi connectivity index (χ4v) is 3.10. The van der Waals surface area contributed by atoms with Crippen molar-refractivity contribution in [1.82, 2.24) is 4.98 Å². The van der Waals surface area contributed by atoms with E-state index in [1.165, 1.54) is 7.11 Å². The normalized spacial score (nSPS) is 24.1. The van der Waals surface area contributed by atoms with Crippen molar-refractivity contribution in [3.8, 4) is 0 Å². The van der Waals surface area contributed by atoms with E-state index >= 15 is 0 Å². The van der Waals surface area contributed by atoms with Crippen LogP contribution in [0.3, 0.4) is 0 Å². The molecule has 1 unspecified atom stereocenters. The number of hydrogen-bond donors (Lipinski definition) is 1. The van der Waals surface area contributed by atoms with Crippen LogP contribution in [-0.2, 0) is 16.1 Å². The zero-order chi connectivity index (χ0) is 14.5. The number of ether oxygens (including phenoxy) is 1. The number of methoxy groups -OCH3 is 1. The Balaban J connectivity index is 1.97. The fourth-order valence-electron chi connectivity index (χ4n) is 3.10. The summed E-state index contributed by atoms with van der Waals surface area (Å²) in [6.45, 7) is 2.17. The first-order valence-corrected chi connectivity index (χ1v) is 7.30. The van der Waals surface area contributed by atoms with Crippen molar-refractivity contribution in [2.75, 3.05) is 7.11 Å². The molecule has 0 aromatic carbocycles. The Bertz CT molecular complexity index is 453. The van der Waals surface area contributed by atoms with Gasteiger partial charge in [-0.1, -0.05) is 13.0 Å². The van der Waals surface area contributed by atoms with Gasteiger partial charge in [0, 0.05) is 11.6 Å². The Labute approximate surface area is 120 Å². The first-order chi connectivity index (χ1) is 9.65. The summed E-state index contributed by atoms with van der Waals surface area (Å²) in [7, 11) is 1.46. The molecule has 0 radical (unpaired) electrons. The quantitative estimate of drug-likeness (QED) is 0.860. The molecule has 1 aliphatic rings. The van der Waals surface area contributed by atoms with Crippen molar-refractivity contribution in [2.45, 2.75) is 45.1 Å². The third-order valence-electron chi connectivity index (χ3n) is 4.47. The number of rotatable bonds is 4. The molecule has 2 rings (SSSR count). The number of pyridine rings is 1. The molecule has 1 aliphatic carbocycles. The first kappa shape index (κ1) is 15.0. The van der Waals surface area contributed by atoms with Crippen LogP contribution in [0.5, 0.6) is 0 Å². The summed E-state index contributed by atoms with van der Waals surface area (Å²) >= 11 is 0. The number of aromatic nitrogens is 1. The summed E-state index contributed by atoms with van der Waals surface area (Å²) in [5.41, 5.74) is 1.76. The van der Waals surface area contributed by atoms with Crippen LogP contribution in [0.15, 0.2) is 18.2 Å². The molecule has 1 heterocycles. The zero-order valence-corrected chi connectivity index (χ0v) is 12.2. The second-order valence-electron chi connectivity index (χ2n) is 5.64. The van der Waals surface area contributed by atoms with E-state index in [0.717, 1.165) is 37.1 Å². The Morgan fingerprint density at radius 1 is 1.40 bits per heavy atom. The second-order valence-corrected chi connectivity index (χ2v) is 5.64. The first-order valence-electron chi connectivity index (χ1n) is 7.30. The highest BCUT2D eigenvalue weighted by molar-refractivity contribution is 5.72. The molecule has 4 nitrogen and oxygen atoms in total. The summed E-state index contributed by atoms with van der Waals surface area (Å²) in [6, 6.07) is 5.81. The topological polar surface area (TPSA) is 59.4 Å². The van der Waals surface area contributed by atoms with Crippen LogP contribution < -0.4 is 0 Å². The fraction of sp³-hybridized carbons (Fsp3) is 0.625. The van der Waals surface area contributed by atoms with Gasteiger partial charge in [0.15, 0.2) is 0 Å². The largest absolute Gasteiger partial charge is 0.469 e. The molecule has 110 valence electrons. The van der Waals surface area contributed by atoms with E-state index in [-0.39, 0.29) is 18.5 Å². The number of carbonyl (C=O) groups excluding carboxylic acids is 1. The molecular formula is C16H23NO3. The van der Waals surface area contributed by atoms with Crippen molar-refractivity contribution in [1.29, 1.82) is 0 Å². The second kappa shape index (κ2) is 6.84. The summed E-state index contributed by atoms with van der Waals surface area (Å²) in [6.07, 6.45) is 3.88. The minimum atomic E-state index is -0.0727. The average Bonchev–Trinajstić information content (AvgIpc) is 2.53. The lowest BCUT2D eigenvalue weighted by Crippen LogP contribution is -2.25. The SMILES string of the molecule is COC(=O)[C@H]1CC[C@H](C(C)c2cccc(CO)n2)CC1. The van der Waals surface area contributed by atoms with E-state index in [1.54, 1.807) is 0 Å². The maximum Gasteiger partial charge on any atom is 0.308 e. The Kier molecular flexibility index (Phi) is 5.12. The number of carbonyl (C=O) groups is 1. The minimum Gasteiger partial charge on any atom is -0.469 e. The van der Waals surface area contributed by atoms with Gasteiger partial charge in [-0.3, -0.25) is 9.78 Å². The van der Waals surface area contributed by atoms with E-state index in [2.05, 4.69) is 11.9 Å². The minimum absolute atomic E-state index is 0.0182. The highest BCUT2D eigenvalue weighted by Crippen LogP contribution is 2.37. The van der Waals surface area contributed by atoms with Crippen LogP contribution in [0.2, 0.25) is 0 Å². The summed E-state index contributed by atoms with van der Waals surface area (Å²) in [4.78, 5) is 16.0. The molecular weight excluding hydrogens is 254 g/mol. The van der Waals surface area contributed by atoms with Gasteiger partial charge in [0.1, 0.15) is 0 Å². The van der Waals surface area contributed by atoms with Gasteiger partial charge in [0.05, 0.1) is 25.3 Å². The van der Waals surface area contributed by atoms with Crippen molar-refractivity contribution < 1.29 is 14.6 Å². The van der Waals surface area contributed by atoms with E-state index in [4.69, 9.17) is 9.84 Å². The van der Waals surface area contributed by atoms with Gasteiger partial charge in [-0.25, -0.2) is 0 Å².